The van der Waals surface area contributed by atoms with Gasteiger partial charge >= 0.3 is 6.18 Å². The van der Waals surface area contributed by atoms with E-state index in [-0.39, 0.29) is 18.9 Å². The lowest BCUT2D eigenvalue weighted by atomic mass is 10.2. The molecule has 5 heterocycles. The van der Waals surface area contributed by atoms with Crippen molar-refractivity contribution in [3.8, 4) is 0 Å². The van der Waals surface area contributed by atoms with E-state index in [1.165, 1.54) is 4.88 Å². The molecule has 9 nitrogen and oxygen atoms in total. The van der Waals surface area contributed by atoms with Gasteiger partial charge in [0.1, 0.15) is 10.6 Å². The molecular weight excluding hydrogens is 443 g/mol. The van der Waals surface area contributed by atoms with Crippen LogP contribution in [0, 0.1) is 0 Å². The molecule has 0 atom stereocenters. The van der Waals surface area contributed by atoms with Gasteiger partial charge in [-0.05, 0) is 18.6 Å². The summed E-state index contributed by atoms with van der Waals surface area (Å²) in [4.78, 5) is 21.5. The molecule has 1 N–H and O–H groups in total. The van der Waals surface area contributed by atoms with Crippen LogP contribution in [0.4, 0.5) is 30.9 Å². The van der Waals surface area contributed by atoms with Crippen LogP contribution in [0.5, 0.6) is 0 Å². The number of hydrogen-bond donors (Lipinski definition) is 1. The van der Waals surface area contributed by atoms with Gasteiger partial charge in [0.25, 0.3) is 0 Å². The van der Waals surface area contributed by atoms with Gasteiger partial charge in [0, 0.05) is 30.4 Å². The molecule has 0 bridgehead atoms. The maximum absolute atomic E-state index is 13.2. The van der Waals surface area contributed by atoms with Gasteiger partial charge in [-0.3, -0.25) is 5.32 Å². The topological polar surface area (TPSA) is 97.5 Å². The number of anilines is 3. The van der Waals surface area contributed by atoms with Crippen LogP contribution in [0.2, 0.25) is 0 Å². The van der Waals surface area contributed by atoms with E-state index in [0.29, 0.717) is 24.3 Å². The molecule has 166 valence electrons. The van der Waals surface area contributed by atoms with Crippen LogP contribution in [0.1, 0.15) is 29.9 Å². The highest BCUT2D eigenvalue weighted by molar-refractivity contribution is 7.18. The van der Waals surface area contributed by atoms with E-state index >= 15 is 0 Å². The van der Waals surface area contributed by atoms with Gasteiger partial charge in [-0.2, -0.15) is 18.2 Å². The standard InChI is InChI=1S/C19H18F3N9S/c1-2-4-11-9-12-14(25-18(26-15(12)32-11)27-17-23-5-3-6-24-17)30-7-8-31-13(10-30)28-29-16(31)19(20,21)22/h3,5-6,9H,2,4,7-8,10H2,1H3,(H,23,24,25,26,27). The number of nitrogens with one attached hydrogen (secondary N) is 1. The van der Waals surface area contributed by atoms with E-state index in [4.69, 9.17) is 0 Å². The maximum atomic E-state index is 13.2. The van der Waals surface area contributed by atoms with Crippen molar-refractivity contribution >= 4 is 39.3 Å². The largest absolute Gasteiger partial charge is 0.451 e. The van der Waals surface area contributed by atoms with E-state index in [0.717, 1.165) is 27.6 Å². The predicted octanol–water partition coefficient (Wildman–Crippen LogP) is 3.81. The summed E-state index contributed by atoms with van der Waals surface area (Å²) in [7, 11) is 0. The average Bonchev–Trinajstić information content (AvgIpc) is 3.37. The van der Waals surface area contributed by atoms with Gasteiger partial charge in [-0.1, -0.05) is 13.3 Å². The van der Waals surface area contributed by atoms with Crippen molar-refractivity contribution in [1.82, 2.24) is 34.7 Å². The van der Waals surface area contributed by atoms with Crippen molar-refractivity contribution in [2.75, 3.05) is 16.8 Å². The third-order valence-corrected chi connectivity index (χ3v) is 6.10. The highest BCUT2D eigenvalue weighted by atomic mass is 32.1. The van der Waals surface area contributed by atoms with Crippen LogP contribution in [0.15, 0.2) is 24.5 Å². The number of rotatable bonds is 5. The summed E-state index contributed by atoms with van der Waals surface area (Å²) in [5.74, 6) is 0.599. The molecule has 0 saturated carbocycles. The Bertz CT molecular complexity index is 1250. The van der Waals surface area contributed by atoms with E-state index in [9.17, 15) is 13.2 Å². The lowest BCUT2D eigenvalue weighted by molar-refractivity contribution is -0.147. The molecule has 13 heteroatoms. The number of nitrogens with zero attached hydrogens (tertiary/aromatic N) is 8. The number of thiophene rings is 1. The quantitative estimate of drug-likeness (QED) is 0.479. The summed E-state index contributed by atoms with van der Waals surface area (Å²) in [6, 6.07) is 3.76. The first-order valence-corrected chi connectivity index (χ1v) is 10.8. The fourth-order valence-corrected chi connectivity index (χ4v) is 4.76. The van der Waals surface area contributed by atoms with Gasteiger partial charge in [0.2, 0.25) is 17.7 Å². The van der Waals surface area contributed by atoms with Crippen LogP contribution in [-0.4, -0.2) is 41.2 Å². The Hall–Kier alpha value is -3.35. The Morgan fingerprint density at radius 3 is 2.66 bits per heavy atom. The number of fused-ring (bicyclic) bond motifs is 2. The van der Waals surface area contributed by atoms with Gasteiger partial charge in [-0.25, -0.2) is 15.0 Å². The number of hydrogen-bond acceptors (Lipinski definition) is 9. The first-order chi connectivity index (χ1) is 15.4. The number of aromatic nitrogens is 7. The van der Waals surface area contributed by atoms with Gasteiger partial charge in [0.05, 0.1) is 11.9 Å². The Balaban J connectivity index is 1.54. The zero-order valence-electron chi connectivity index (χ0n) is 17.0. The van der Waals surface area contributed by atoms with Crippen LogP contribution >= 0.6 is 11.3 Å². The fourth-order valence-electron chi connectivity index (χ4n) is 3.63. The molecule has 0 amide bonds. The Morgan fingerprint density at radius 2 is 1.91 bits per heavy atom. The summed E-state index contributed by atoms with van der Waals surface area (Å²) in [5, 5.41) is 11.0. The Morgan fingerprint density at radius 1 is 1.09 bits per heavy atom. The molecule has 4 aromatic rings. The van der Waals surface area contributed by atoms with Crippen molar-refractivity contribution in [2.24, 2.45) is 0 Å². The molecule has 5 rings (SSSR count). The van der Waals surface area contributed by atoms with Crippen molar-refractivity contribution < 1.29 is 13.2 Å². The second-order valence-corrected chi connectivity index (χ2v) is 8.38. The third-order valence-electron chi connectivity index (χ3n) is 5.02. The van der Waals surface area contributed by atoms with E-state index < -0.39 is 12.0 Å². The molecule has 0 spiro atoms. The fraction of sp³-hybridized carbons (Fsp3) is 0.368. The zero-order chi connectivity index (χ0) is 22.3. The molecule has 0 unspecified atom stereocenters. The highest BCUT2D eigenvalue weighted by Gasteiger charge is 2.39. The minimum atomic E-state index is -4.54. The zero-order valence-corrected chi connectivity index (χ0v) is 17.8. The highest BCUT2D eigenvalue weighted by Crippen LogP contribution is 2.35. The molecular formula is C19H18F3N9S. The molecule has 0 fully saturated rings. The van der Waals surface area contributed by atoms with Gasteiger partial charge < -0.3 is 9.47 Å². The second kappa shape index (κ2) is 7.97. The van der Waals surface area contributed by atoms with Crippen molar-refractivity contribution in [3.05, 3.63) is 41.1 Å². The molecule has 1 aliphatic rings. The van der Waals surface area contributed by atoms with Crippen molar-refractivity contribution in [3.63, 3.8) is 0 Å². The lowest BCUT2D eigenvalue weighted by Gasteiger charge is -2.29. The summed E-state index contributed by atoms with van der Waals surface area (Å²) in [6.07, 6.45) is 0.578. The second-order valence-electron chi connectivity index (χ2n) is 7.26. The SMILES string of the molecule is CCCc1cc2c(N3CCn4c(nnc4C(F)(F)F)C3)nc(Nc3ncccn3)nc2s1. The van der Waals surface area contributed by atoms with Crippen molar-refractivity contribution in [1.29, 1.82) is 0 Å². The monoisotopic (exact) mass is 461 g/mol. The summed E-state index contributed by atoms with van der Waals surface area (Å²) in [6.45, 7) is 2.71. The van der Waals surface area contributed by atoms with Crippen LogP contribution < -0.4 is 10.2 Å². The predicted molar refractivity (Wildman–Crippen MR) is 113 cm³/mol. The Labute approximate surface area is 184 Å². The minimum absolute atomic E-state index is 0.110. The van der Waals surface area contributed by atoms with Gasteiger partial charge in [-0.15, -0.1) is 21.5 Å². The molecule has 1 aliphatic heterocycles. The smallest absolute Gasteiger partial charge is 0.347 e. The number of alkyl halides is 3. The first kappa shape index (κ1) is 20.5. The molecule has 32 heavy (non-hydrogen) atoms. The minimum Gasteiger partial charge on any atom is -0.347 e. The maximum Gasteiger partial charge on any atom is 0.451 e. The average molecular weight is 461 g/mol. The molecule has 0 aromatic carbocycles. The molecule has 0 aliphatic carbocycles. The van der Waals surface area contributed by atoms with Crippen molar-refractivity contribution in [2.45, 2.75) is 39.0 Å². The lowest BCUT2D eigenvalue weighted by Crippen LogP contribution is -2.36. The number of halogens is 3. The molecule has 4 aromatic heterocycles. The van der Waals surface area contributed by atoms with Crippen LogP contribution in [0.25, 0.3) is 10.2 Å². The number of aryl methyl sites for hydroxylation is 1. The third kappa shape index (κ3) is 3.83. The summed E-state index contributed by atoms with van der Waals surface area (Å²) in [5.41, 5.74) is 0. The first-order valence-electron chi connectivity index (χ1n) is 10.0. The van der Waals surface area contributed by atoms with Crippen LogP contribution in [-0.2, 0) is 25.7 Å². The Kier molecular flexibility index (Phi) is 5.12. The van der Waals surface area contributed by atoms with E-state index in [2.05, 4.69) is 48.4 Å². The molecule has 0 radical (unpaired) electrons. The van der Waals surface area contributed by atoms with E-state index in [1.807, 2.05) is 4.90 Å². The van der Waals surface area contributed by atoms with E-state index in [1.54, 1.807) is 29.8 Å². The molecule has 0 saturated heterocycles. The van der Waals surface area contributed by atoms with Gasteiger partial charge in [0.15, 0.2) is 5.82 Å². The summed E-state index contributed by atoms with van der Waals surface area (Å²) >= 11 is 1.58. The summed E-state index contributed by atoms with van der Waals surface area (Å²) < 4.78 is 40.7. The van der Waals surface area contributed by atoms with Crippen LogP contribution in [0.3, 0.4) is 0 Å². The normalized spacial score (nSPS) is 14.1.